The third-order valence-corrected chi connectivity index (χ3v) is 3.04. The van der Waals surface area contributed by atoms with Crippen LogP contribution in [0.2, 0.25) is 0 Å². The van der Waals surface area contributed by atoms with Crippen LogP contribution in [0.1, 0.15) is 19.3 Å². The third-order valence-electron chi connectivity index (χ3n) is 3.04. The molecule has 78 valence electrons. The van der Waals surface area contributed by atoms with Gasteiger partial charge in [0.25, 0.3) is 0 Å². The van der Waals surface area contributed by atoms with Gasteiger partial charge in [0.1, 0.15) is 0 Å². The van der Waals surface area contributed by atoms with Crippen molar-refractivity contribution in [3.05, 3.63) is 0 Å². The summed E-state index contributed by atoms with van der Waals surface area (Å²) in [6.45, 7) is 3.42. The van der Waals surface area contributed by atoms with E-state index >= 15 is 0 Å². The maximum absolute atomic E-state index is 6.32. The molecule has 13 heavy (non-hydrogen) atoms. The molecule has 0 aromatic rings. The van der Waals surface area contributed by atoms with Crippen LogP contribution in [0.25, 0.3) is 0 Å². The first kappa shape index (κ1) is 11.0. The van der Waals surface area contributed by atoms with Crippen LogP contribution < -0.4 is 5.73 Å². The van der Waals surface area contributed by atoms with Gasteiger partial charge in [-0.1, -0.05) is 0 Å². The zero-order chi connectivity index (χ0) is 9.90. The highest BCUT2D eigenvalue weighted by atomic mass is 15.1. The molecule has 0 saturated carbocycles. The summed E-state index contributed by atoms with van der Waals surface area (Å²) in [5.41, 5.74) is 6.42. The van der Waals surface area contributed by atoms with Crippen LogP contribution in [0.3, 0.4) is 0 Å². The van der Waals surface area contributed by atoms with Crippen molar-refractivity contribution in [3.63, 3.8) is 0 Å². The zero-order valence-electron chi connectivity index (χ0n) is 9.21. The number of piperidine rings is 1. The highest BCUT2D eigenvalue weighted by Crippen LogP contribution is 2.22. The molecule has 1 saturated heterocycles. The van der Waals surface area contributed by atoms with Crippen LogP contribution in [-0.4, -0.2) is 56.1 Å². The van der Waals surface area contributed by atoms with Crippen LogP contribution in [0, 0.1) is 0 Å². The van der Waals surface area contributed by atoms with Crippen molar-refractivity contribution in [1.82, 2.24) is 9.80 Å². The minimum atomic E-state index is 0.108. The van der Waals surface area contributed by atoms with Gasteiger partial charge in [0.2, 0.25) is 0 Å². The van der Waals surface area contributed by atoms with Gasteiger partial charge in [0.05, 0.1) is 0 Å². The molecule has 0 aromatic carbocycles. The lowest BCUT2D eigenvalue weighted by atomic mass is 9.85. The SMILES string of the molecule is CN(C)CCC1(N)CCN(C)CC1. The van der Waals surface area contributed by atoms with Crippen molar-refractivity contribution in [2.24, 2.45) is 5.73 Å². The van der Waals surface area contributed by atoms with Crippen molar-refractivity contribution in [1.29, 1.82) is 0 Å². The number of nitrogens with two attached hydrogens (primary N) is 1. The number of rotatable bonds is 3. The molecular formula is C10H23N3. The van der Waals surface area contributed by atoms with Gasteiger partial charge in [0, 0.05) is 5.54 Å². The minimum Gasteiger partial charge on any atom is -0.325 e. The van der Waals surface area contributed by atoms with Crippen molar-refractivity contribution in [3.8, 4) is 0 Å². The number of hydrogen-bond acceptors (Lipinski definition) is 3. The second kappa shape index (κ2) is 4.40. The normalized spacial score (nSPS) is 23.8. The van der Waals surface area contributed by atoms with Gasteiger partial charge >= 0.3 is 0 Å². The Labute approximate surface area is 81.9 Å². The molecule has 0 aromatic heterocycles. The summed E-state index contributed by atoms with van der Waals surface area (Å²) in [5, 5.41) is 0. The van der Waals surface area contributed by atoms with Crippen molar-refractivity contribution in [2.45, 2.75) is 24.8 Å². The molecular weight excluding hydrogens is 162 g/mol. The summed E-state index contributed by atoms with van der Waals surface area (Å²) in [6.07, 6.45) is 3.43. The second-order valence-electron chi connectivity index (χ2n) is 4.72. The summed E-state index contributed by atoms with van der Waals surface area (Å²) in [4.78, 5) is 4.58. The molecule has 1 aliphatic heterocycles. The molecule has 1 rings (SSSR count). The lowest BCUT2D eigenvalue weighted by Gasteiger charge is -2.38. The van der Waals surface area contributed by atoms with E-state index in [9.17, 15) is 0 Å². The molecule has 0 unspecified atom stereocenters. The van der Waals surface area contributed by atoms with Gasteiger partial charge in [-0.15, -0.1) is 0 Å². The number of nitrogens with zero attached hydrogens (tertiary/aromatic N) is 2. The molecule has 0 aliphatic carbocycles. The number of hydrogen-bond donors (Lipinski definition) is 1. The summed E-state index contributed by atoms with van der Waals surface area (Å²) in [6, 6.07) is 0. The average molecular weight is 185 g/mol. The Kier molecular flexibility index (Phi) is 3.71. The van der Waals surface area contributed by atoms with E-state index in [0.717, 1.165) is 38.9 Å². The predicted molar refractivity (Wildman–Crippen MR) is 56.8 cm³/mol. The topological polar surface area (TPSA) is 32.5 Å². The van der Waals surface area contributed by atoms with Gasteiger partial charge in [0.15, 0.2) is 0 Å². The summed E-state index contributed by atoms with van der Waals surface area (Å²) in [7, 11) is 6.39. The standard InChI is InChI=1S/C10H23N3/c1-12(2)7-4-10(11)5-8-13(3)9-6-10/h4-9,11H2,1-3H3. The zero-order valence-corrected chi connectivity index (χ0v) is 9.21. The van der Waals surface area contributed by atoms with E-state index in [4.69, 9.17) is 5.73 Å². The first-order chi connectivity index (χ1) is 6.02. The first-order valence-electron chi connectivity index (χ1n) is 5.14. The van der Waals surface area contributed by atoms with Crippen LogP contribution in [0.5, 0.6) is 0 Å². The molecule has 1 fully saturated rings. The Morgan fingerprint density at radius 2 is 1.85 bits per heavy atom. The van der Waals surface area contributed by atoms with Gasteiger partial charge in [-0.2, -0.15) is 0 Å². The van der Waals surface area contributed by atoms with E-state index in [2.05, 4.69) is 30.9 Å². The summed E-state index contributed by atoms with van der Waals surface area (Å²) < 4.78 is 0. The molecule has 3 nitrogen and oxygen atoms in total. The highest BCUT2D eigenvalue weighted by molar-refractivity contribution is 4.89. The molecule has 0 radical (unpaired) electrons. The lowest BCUT2D eigenvalue weighted by molar-refractivity contribution is 0.172. The average Bonchev–Trinajstić information content (AvgIpc) is 2.08. The monoisotopic (exact) mass is 185 g/mol. The minimum absolute atomic E-state index is 0.108. The molecule has 3 heteroatoms. The van der Waals surface area contributed by atoms with E-state index in [1.807, 2.05) is 0 Å². The highest BCUT2D eigenvalue weighted by Gasteiger charge is 2.28. The summed E-state index contributed by atoms with van der Waals surface area (Å²) >= 11 is 0. The van der Waals surface area contributed by atoms with Crippen molar-refractivity contribution in [2.75, 3.05) is 40.8 Å². The summed E-state index contributed by atoms with van der Waals surface area (Å²) in [5.74, 6) is 0. The van der Waals surface area contributed by atoms with Crippen LogP contribution in [0.4, 0.5) is 0 Å². The second-order valence-corrected chi connectivity index (χ2v) is 4.72. The predicted octanol–water partition coefficient (Wildman–Crippen LogP) is 0.361. The van der Waals surface area contributed by atoms with Crippen molar-refractivity contribution >= 4 is 0 Å². The lowest BCUT2D eigenvalue weighted by Crippen LogP contribution is -2.50. The molecule has 0 bridgehead atoms. The van der Waals surface area contributed by atoms with Gasteiger partial charge in [-0.25, -0.2) is 0 Å². The van der Waals surface area contributed by atoms with Gasteiger partial charge in [-0.3, -0.25) is 0 Å². The largest absolute Gasteiger partial charge is 0.325 e. The van der Waals surface area contributed by atoms with Crippen LogP contribution in [0.15, 0.2) is 0 Å². The van der Waals surface area contributed by atoms with E-state index < -0.39 is 0 Å². The Balaban J connectivity index is 2.30. The molecule has 0 atom stereocenters. The molecule has 1 heterocycles. The van der Waals surface area contributed by atoms with E-state index in [1.54, 1.807) is 0 Å². The quantitative estimate of drug-likeness (QED) is 0.689. The smallest absolute Gasteiger partial charge is 0.0190 e. The van der Waals surface area contributed by atoms with E-state index in [1.165, 1.54) is 0 Å². The number of likely N-dealkylation sites (tertiary alicyclic amines) is 1. The van der Waals surface area contributed by atoms with E-state index in [0.29, 0.717) is 0 Å². The maximum atomic E-state index is 6.32. The fourth-order valence-corrected chi connectivity index (χ4v) is 1.76. The maximum Gasteiger partial charge on any atom is 0.0190 e. The van der Waals surface area contributed by atoms with Gasteiger partial charge in [-0.05, 0) is 60.0 Å². The Morgan fingerprint density at radius 3 is 2.31 bits per heavy atom. The Bertz CT molecular complexity index is 148. The molecule has 2 N–H and O–H groups in total. The third kappa shape index (κ3) is 3.63. The molecule has 1 aliphatic rings. The Hall–Kier alpha value is -0.120. The fourth-order valence-electron chi connectivity index (χ4n) is 1.76. The van der Waals surface area contributed by atoms with E-state index in [-0.39, 0.29) is 5.54 Å². The molecule has 0 amide bonds. The first-order valence-corrected chi connectivity index (χ1v) is 5.14. The van der Waals surface area contributed by atoms with Crippen LogP contribution in [-0.2, 0) is 0 Å². The van der Waals surface area contributed by atoms with Crippen LogP contribution >= 0.6 is 0 Å². The van der Waals surface area contributed by atoms with Gasteiger partial charge < -0.3 is 15.5 Å². The Morgan fingerprint density at radius 1 is 1.31 bits per heavy atom. The molecule has 0 spiro atoms. The fraction of sp³-hybridized carbons (Fsp3) is 1.00. The van der Waals surface area contributed by atoms with Crippen molar-refractivity contribution < 1.29 is 0 Å².